The molecular weight excluding hydrogens is 220 g/mol. The molecule has 1 aliphatic carbocycles. The number of rotatable bonds is 2. The second kappa shape index (κ2) is 4.49. The van der Waals surface area contributed by atoms with Crippen molar-refractivity contribution < 1.29 is 4.79 Å². The van der Waals surface area contributed by atoms with Gasteiger partial charge in [0.15, 0.2) is 0 Å². The molecule has 0 atom stereocenters. The highest BCUT2D eigenvalue weighted by molar-refractivity contribution is 5.95. The van der Waals surface area contributed by atoms with Gasteiger partial charge in [-0.3, -0.25) is 10.1 Å². The molecule has 0 saturated heterocycles. The fourth-order valence-electron chi connectivity index (χ4n) is 2.10. The number of nitrogens with one attached hydrogen (secondary N) is 1. The van der Waals surface area contributed by atoms with Gasteiger partial charge in [0.1, 0.15) is 5.41 Å². The fraction of sp³-hybridized carbons (Fsp3) is 0.700. The van der Waals surface area contributed by atoms with Crippen LogP contribution >= 0.6 is 0 Å². The molecule has 0 aliphatic heterocycles. The maximum atomic E-state index is 12.1. The van der Waals surface area contributed by atoms with Crippen LogP contribution in [0.3, 0.4) is 0 Å². The van der Waals surface area contributed by atoms with Gasteiger partial charge in [-0.2, -0.15) is 10.1 Å². The molecule has 1 saturated carbocycles. The summed E-state index contributed by atoms with van der Waals surface area (Å²) in [6.07, 6.45) is 4.12. The number of amides is 1. The van der Waals surface area contributed by atoms with E-state index in [-0.39, 0.29) is 11.9 Å². The minimum Gasteiger partial charge on any atom is -0.290 e. The first-order valence-corrected chi connectivity index (χ1v) is 5.63. The van der Waals surface area contributed by atoms with Crippen LogP contribution in [0.1, 0.15) is 32.1 Å². The Bertz CT molecular complexity index is 454. The van der Waals surface area contributed by atoms with Gasteiger partial charge in [0, 0.05) is 0 Å². The van der Waals surface area contributed by atoms with Crippen LogP contribution in [-0.4, -0.2) is 26.1 Å². The topological polar surface area (TPSA) is 96.5 Å². The lowest BCUT2D eigenvalue weighted by Crippen LogP contribution is -2.37. The first-order valence-electron chi connectivity index (χ1n) is 5.63. The van der Waals surface area contributed by atoms with Crippen LogP contribution in [0.2, 0.25) is 0 Å². The third kappa shape index (κ3) is 2.25. The smallest absolute Gasteiger partial charge is 0.270 e. The molecule has 0 bridgehead atoms. The standard InChI is InChI=1S/C10H14N6O/c1-16-14-9(13-15-16)12-8(17)10(7-11)5-3-2-4-6-10/h2-6H2,1H3,(H,12,14,17). The van der Waals surface area contributed by atoms with E-state index in [2.05, 4.69) is 26.8 Å². The molecule has 1 aliphatic rings. The number of anilines is 1. The van der Waals surface area contributed by atoms with E-state index in [4.69, 9.17) is 0 Å². The van der Waals surface area contributed by atoms with Crippen molar-refractivity contribution in [3.8, 4) is 6.07 Å². The van der Waals surface area contributed by atoms with Gasteiger partial charge < -0.3 is 0 Å². The second-order valence-electron chi connectivity index (χ2n) is 4.31. The highest BCUT2D eigenvalue weighted by atomic mass is 16.2. The average molecular weight is 234 g/mol. The van der Waals surface area contributed by atoms with Gasteiger partial charge in [-0.1, -0.05) is 24.4 Å². The molecule has 7 nitrogen and oxygen atoms in total. The Morgan fingerprint density at radius 3 is 2.71 bits per heavy atom. The molecule has 1 amide bonds. The Balaban J connectivity index is 2.10. The predicted molar refractivity (Wildman–Crippen MR) is 58.6 cm³/mol. The molecule has 17 heavy (non-hydrogen) atoms. The van der Waals surface area contributed by atoms with Gasteiger partial charge in [0.25, 0.3) is 5.95 Å². The lowest BCUT2D eigenvalue weighted by Gasteiger charge is -2.28. The Hall–Kier alpha value is -1.97. The van der Waals surface area contributed by atoms with Gasteiger partial charge in [0.05, 0.1) is 13.1 Å². The van der Waals surface area contributed by atoms with Crippen LogP contribution in [0.5, 0.6) is 0 Å². The van der Waals surface area contributed by atoms with E-state index >= 15 is 0 Å². The number of hydrogen-bond acceptors (Lipinski definition) is 5. The number of carbonyl (C=O) groups is 1. The van der Waals surface area contributed by atoms with E-state index in [1.807, 2.05) is 0 Å². The van der Waals surface area contributed by atoms with Gasteiger partial charge in [-0.05, 0) is 18.1 Å². The van der Waals surface area contributed by atoms with Crippen LogP contribution in [0.15, 0.2) is 0 Å². The minimum absolute atomic E-state index is 0.151. The zero-order valence-corrected chi connectivity index (χ0v) is 9.68. The summed E-state index contributed by atoms with van der Waals surface area (Å²) < 4.78 is 0. The van der Waals surface area contributed by atoms with Crippen molar-refractivity contribution in [1.82, 2.24) is 20.2 Å². The quantitative estimate of drug-likeness (QED) is 0.809. The fourth-order valence-corrected chi connectivity index (χ4v) is 2.10. The zero-order valence-electron chi connectivity index (χ0n) is 9.68. The molecule has 0 unspecified atom stereocenters. The number of tetrazole rings is 1. The SMILES string of the molecule is Cn1nnc(NC(=O)C2(C#N)CCCCC2)n1. The van der Waals surface area contributed by atoms with Crippen LogP contribution in [0.25, 0.3) is 0 Å². The molecule has 0 spiro atoms. The molecule has 1 N–H and O–H groups in total. The largest absolute Gasteiger partial charge is 0.290 e. The van der Waals surface area contributed by atoms with Crippen molar-refractivity contribution in [2.45, 2.75) is 32.1 Å². The molecule has 1 aromatic heterocycles. The van der Waals surface area contributed by atoms with Gasteiger partial charge in [0.2, 0.25) is 5.91 Å². The molecule has 0 aromatic carbocycles. The normalized spacial score (nSPS) is 18.4. The van der Waals surface area contributed by atoms with Crippen molar-refractivity contribution in [2.75, 3.05) is 5.32 Å². The Labute approximate surface area is 98.8 Å². The van der Waals surface area contributed by atoms with Crippen LogP contribution in [-0.2, 0) is 11.8 Å². The summed E-state index contributed by atoms with van der Waals surface area (Å²) in [6.45, 7) is 0. The summed E-state index contributed by atoms with van der Waals surface area (Å²) >= 11 is 0. The Kier molecular flexibility index (Phi) is 3.04. The summed E-state index contributed by atoms with van der Waals surface area (Å²) in [6, 6.07) is 2.15. The molecular formula is C10H14N6O. The molecule has 1 fully saturated rings. The molecule has 7 heteroatoms. The van der Waals surface area contributed by atoms with Gasteiger partial charge >= 0.3 is 0 Å². The lowest BCUT2D eigenvalue weighted by atomic mass is 9.74. The number of nitriles is 1. The van der Waals surface area contributed by atoms with E-state index < -0.39 is 5.41 Å². The van der Waals surface area contributed by atoms with Crippen molar-refractivity contribution in [1.29, 1.82) is 5.26 Å². The number of hydrogen-bond donors (Lipinski definition) is 1. The summed E-state index contributed by atoms with van der Waals surface area (Å²) in [7, 11) is 1.61. The summed E-state index contributed by atoms with van der Waals surface area (Å²) in [5.41, 5.74) is -0.919. The number of aromatic nitrogens is 4. The van der Waals surface area contributed by atoms with Crippen molar-refractivity contribution in [3.63, 3.8) is 0 Å². The number of aryl methyl sites for hydroxylation is 1. The van der Waals surface area contributed by atoms with Crippen LogP contribution in [0, 0.1) is 16.7 Å². The van der Waals surface area contributed by atoms with Gasteiger partial charge in [-0.25, -0.2) is 0 Å². The van der Waals surface area contributed by atoms with Gasteiger partial charge in [-0.15, -0.1) is 5.10 Å². The molecule has 90 valence electrons. The van der Waals surface area contributed by atoms with E-state index in [0.717, 1.165) is 19.3 Å². The van der Waals surface area contributed by atoms with E-state index in [1.165, 1.54) is 4.80 Å². The van der Waals surface area contributed by atoms with E-state index in [0.29, 0.717) is 12.8 Å². The minimum atomic E-state index is -0.919. The monoisotopic (exact) mass is 234 g/mol. The average Bonchev–Trinajstić information content (AvgIpc) is 2.75. The zero-order chi connectivity index (χ0) is 12.3. The molecule has 1 aromatic rings. The van der Waals surface area contributed by atoms with Crippen molar-refractivity contribution in [2.24, 2.45) is 12.5 Å². The summed E-state index contributed by atoms with van der Waals surface area (Å²) in [5.74, 6) is -0.162. The Morgan fingerprint density at radius 1 is 1.47 bits per heavy atom. The van der Waals surface area contributed by atoms with Crippen LogP contribution < -0.4 is 5.32 Å². The third-order valence-electron chi connectivity index (χ3n) is 3.09. The summed E-state index contributed by atoms with van der Waals surface area (Å²) in [4.78, 5) is 13.3. The maximum Gasteiger partial charge on any atom is 0.270 e. The molecule has 0 radical (unpaired) electrons. The summed E-state index contributed by atoms with van der Waals surface area (Å²) in [5, 5.41) is 22.9. The molecule has 1 heterocycles. The van der Waals surface area contributed by atoms with Crippen LogP contribution in [0.4, 0.5) is 5.95 Å². The number of carbonyl (C=O) groups excluding carboxylic acids is 1. The van der Waals surface area contributed by atoms with Crippen molar-refractivity contribution >= 4 is 11.9 Å². The highest BCUT2D eigenvalue weighted by Crippen LogP contribution is 2.36. The predicted octanol–water partition coefficient (Wildman–Crippen LogP) is 0.623. The lowest BCUT2D eigenvalue weighted by molar-refractivity contribution is -0.124. The third-order valence-corrected chi connectivity index (χ3v) is 3.09. The maximum absolute atomic E-state index is 12.1. The Morgan fingerprint density at radius 2 is 2.18 bits per heavy atom. The first-order chi connectivity index (χ1) is 8.16. The van der Waals surface area contributed by atoms with E-state index in [9.17, 15) is 10.1 Å². The second-order valence-corrected chi connectivity index (χ2v) is 4.31. The van der Waals surface area contributed by atoms with Crippen molar-refractivity contribution in [3.05, 3.63) is 0 Å². The van der Waals surface area contributed by atoms with E-state index in [1.54, 1.807) is 7.05 Å². The highest BCUT2D eigenvalue weighted by Gasteiger charge is 2.40. The number of nitrogens with zero attached hydrogens (tertiary/aromatic N) is 5. The molecule has 2 rings (SSSR count). The first kappa shape index (κ1) is 11.5.